The Morgan fingerprint density at radius 1 is 0.962 bits per heavy atom. The van der Waals surface area contributed by atoms with Crippen LogP contribution in [0.25, 0.3) is 0 Å². The molecule has 0 aromatic heterocycles. The van der Waals surface area contributed by atoms with Gasteiger partial charge in [-0.2, -0.15) is 0 Å². The van der Waals surface area contributed by atoms with E-state index in [0.717, 1.165) is 22.9 Å². The van der Waals surface area contributed by atoms with Crippen molar-refractivity contribution in [3.05, 3.63) is 64.2 Å². The van der Waals surface area contributed by atoms with Crippen molar-refractivity contribution in [1.82, 2.24) is 5.32 Å². The highest BCUT2D eigenvalue weighted by Crippen LogP contribution is 2.25. The Hall–Kier alpha value is -1.51. The molecule has 2 aromatic carbocycles. The monoisotopic (exact) mass is 371 g/mol. The highest BCUT2D eigenvalue weighted by molar-refractivity contribution is 6.30. The molecule has 1 saturated carbocycles. The minimum Gasteiger partial charge on any atom is -0.489 e. The van der Waals surface area contributed by atoms with Crippen molar-refractivity contribution in [1.29, 1.82) is 0 Å². The van der Waals surface area contributed by atoms with Gasteiger partial charge < -0.3 is 10.1 Å². The topological polar surface area (TPSA) is 21.3 Å². The Labute approximate surface area is 162 Å². The summed E-state index contributed by atoms with van der Waals surface area (Å²) < 4.78 is 6.10. The molecular formula is C23H30ClNO. The molecule has 0 aliphatic heterocycles. The highest BCUT2D eigenvalue weighted by atomic mass is 35.5. The van der Waals surface area contributed by atoms with Gasteiger partial charge in [0, 0.05) is 23.2 Å². The summed E-state index contributed by atoms with van der Waals surface area (Å²) in [7, 11) is 0. The summed E-state index contributed by atoms with van der Waals surface area (Å²) in [4.78, 5) is 0. The van der Waals surface area contributed by atoms with Gasteiger partial charge in [-0.05, 0) is 43.5 Å². The van der Waals surface area contributed by atoms with Crippen molar-refractivity contribution in [3.63, 3.8) is 0 Å². The number of nitrogens with one attached hydrogen (secondary N) is 1. The first kappa shape index (κ1) is 19.3. The smallest absolute Gasteiger partial charge is 0.124 e. The highest BCUT2D eigenvalue weighted by Gasteiger charge is 2.12. The van der Waals surface area contributed by atoms with E-state index in [1.165, 1.54) is 56.1 Å². The second-order valence-electron chi connectivity index (χ2n) is 7.45. The van der Waals surface area contributed by atoms with E-state index in [9.17, 15) is 0 Å². The zero-order valence-corrected chi connectivity index (χ0v) is 16.5. The second kappa shape index (κ2) is 9.99. The van der Waals surface area contributed by atoms with E-state index in [1.54, 1.807) is 0 Å². The predicted octanol–water partition coefficient (Wildman–Crippen LogP) is 6.43. The van der Waals surface area contributed by atoms with E-state index < -0.39 is 0 Å². The van der Waals surface area contributed by atoms with Crippen LogP contribution >= 0.6 is 11.6 Å². The van der Waals surface area contributed by atoms with Gasteiger partial charge in [0.1, 0.15) is 12.4 Å². The first-order chi connectivity index (χ1) is 12.7. The fourth-order valence-corrected chi connectivity index (χ4v) is 3.78. The lowest BCUT2D eigenvalue weighted by Gasteiger charge is -2.22. The van der Waals surface area contributed by atoms with Crippen molar-refractivity contribution in [2.24, 2.45) is 0 Å². The lowest BCUT2D eigenvalue weighted by Crippen LogP contribution is -2.29. The number of hydrogen-bond donors (Lipinski definition) is 1. The molecule has 2 aromatic rings. The summed E-state index contributed by atoms with van der Waals surface area (Å²) in [5.74, 6) is 0.924. The summed E-state index contributed by atoms with van der Waals surface area (Å²) in [5, 5.41) is 4.51. The van der Waals surface area contributed by atoms with E-state index in [-0.39, 0.29) is 0 Å². The van der Waals surface area contributed by atoms with Crippen molar-refractivity contribution in [2.75, 3.05) is 0 Å². The van der Waals surface area contributed by atoms with Crippen LogP contribution in [-0.2, 0) is 13.2 Å². The Kier molecular flexibility index (Phi) is 7.40. The maximum absolute atomic E-state index is 6.24. The standard InChI is InChI=1S/C23H30ClNO/c1-18-9-11-19(12-10-18)17-26-23-14-13-21(24)15-20(23)16-25-22-7-5-3-2-4-6-8-22/h9-15,22,25H,2-8,16-17H2,1H3. The number of aryl methyl sites for hydroxylation is 1. The molecule has 0 atom stereocenters. The zero-order chi connectivity index (χ0) is 18.2. The first-order valence-corrected chi connectivity index (χ1v) is 10.3. The first-order valence-electron chi connectivity index (χ1n) is 9.91. The van der Waals surface area contributed by atoms with Crippen LogP contribution in [0.4, 0.5) is 0 Å². The van der Waals surface area contributed by atoms with Gasteiger partial charge in [-0.3, -0.25) is 0 Å². The molecule has 0 amide bonds. The lowest BCUT2D eigenvalue weighted by molar-refractivity contribution is 0.300. The van der Waals surface area contributed by atoms with Crippen LogP contribution in [0.15, 0.2) is 42.5 Å². The van der Waals surface area contributed by atoms with Crippen LogP contribution in [0.5, 0.6) is 5.75 Å². The number of benzene rings is 2. The van der Waals surface area contributed by atoms with Gasteiger partial charge in [0.15, 0.2) is 0 Å². The average molecular weight is 372 g/mol. The zero-order valence-electron chi connectivity index (χ0n) is 15.8. The van der Waals surface area contributed by atoms with Gasteiger partial charge >= 0.3 is 0 Å². The maximum Gasteiger partial charge on any atom is 0.124 e. The van der Waals surface area contributed by atoms with Crippen LogP contribution < -0.4 is 10.1 Å². The number of hydrogen-bond acceptors (Lipinski definition) is 2. The Balaban J connectivity index is 1.60. The third-order valence-corrected chi connectivity index (χ3v) is 5.46. The molecule has 3 rings (SSSR count). The lowest BCUT2D eigenvalue weighted by atomic mass is 9.96. The molecule has 0 unspecified atom stereocenters. The van der Waals surface area contributed by atoms with Crippen molar-refractivity contribution < 1.29 is 4.74 Å². The maximum atomic E-state index is 6.24. The summed E-state index contributed by atoms with van der Waals surface area (Å²) >= 11 is 6.24. The largest absolute Gasteiger partial charge is 0.489 e. The minimum atomic E-state index is 0.582. The van der Waals surface area contributed by atoms with Gasteiger partial charge in [-0.1, -0.05) is 73.5 Å². The van der Waals surface area contributed by atoms with E-state index >= 15 is 0 Å². The quantitative estimate of drug-likeness (QED) is 0.631. The Bertz CT molecular complexity index is 675. The average Bonchev–Trinajstić information content (AvgIpc) is 2.61. The molecule has 1 aliphatic carbocycles. The summed E-state index contributed by atoms with van der Waals surface area (Å²) in [6.07, 6.45) is 9.38. The van der Waals surface area contributed by atoms with E-state index in [4.69, 9.17) is 16.3 Å². The fourth-order valence-electron chi connectivity index (χ4n) is 3.59. The second-order valence-corrected chi connectivity index (χ2v) is 7.89. The van der Waals surface area contributed by atoms with E-state index in [1.807, 2.05) is 18.2 Å². The molecule has 0 heterocycles. The van der Waals surface area contributed by atoms with Crippen molar-refractivity contribution in [3.8, 4) is 5.75 Å². The van der Waals surface area contributed by atoms with Gasteiger partial charge in [0.2, 0.25) is 0 Å². The normalized spacial score (nSPS) is 16.1. The molecule has 3 heteroatoms. The summed E-state index contributed by atoms with van der Waals surface area (Å²) in [5.41, 5.74) is 3.60. The van der Waals surface area contributed by atoms with Gasteiger partial charge in [-0.15, -0.1) is 0 Å². The molecule has 2 nitrogen and oxygen atoms in total. The SMILES string of the molecule is Cc1ccc(COc2ccc(Cl)cc2CNC2CCCCCCC2)cc1. The number of rotatable bonds is 6. The van der Waals surface area contributed by atoms with E-state index in [0.29, 0.717) is 12.6 Å². The van der Waals surface area contributed by atoms with Crippen LogP contribution in [0.3, 0.4) is 0 Å². The molecular weight excluding hydrogens is 342 g/mol. The van der Waals surface area contributed by atoms with Gasteiger partial charge in [-0.25, -0.2) is 0 Å². The van der Waals surface area contributed by atoms with Crippen LogP contribution in [-0.4, -0.2) is 6.04 Å². The number of halogens is 1. The molecule has 1 fully saturated rings. The van der Waals surface area contributed by atoms with Crippen LogP contribution in [0, 0.1) is 6.92 Å². The third kappa shape index (κ3) is 6.03. The summed E-state index contributed by atoms with van der Waals surface area (Å²) in [6, 6.07) is 15.0. The van der Waals surface area contributed by atoms with Crippen LogP contribution in [0.1, 0.15) is 61.6 Å². The molecule has 0 spiro atoms. The molecule has 0 radical (unpaired) electrons. The summed E-state index contributed by atoms with van der Waals surface area (Å²) in [6.45, 7) is 3.50. The fraction of sp³-hybridized carbons (Fsp3) is 0.478. The predicted molar refractivity (Wildman–Crippen MR) is 110 cm³/mol. The Morgan fingerprint density at radius 3 is 2.38 bits per heavy atom. The Morgan fingerprint density at radius 2 is 1.65 bits per heavy atom. The molecule has 140 valence electrons. The molecule has 0 saturated heterocycles. The van der Waals surface area contributed by atoms with E-state index in [2.05, 4.69) is 36.5 Å². The molecule has 1 N–H and O–H groups in total. The van der Waals surface area contributed by atoms with Gasteiger partial charge in [0.25, 0.3) is 0 Å². The van der Waals surface area contributed by atoms with Crippen molar-refractivity contribution >= 4 is 11.6 Å². The van der Waals surface area contributed by atoms with Gasteiger partial charge in [0.05, 0.1) is 0 Å². The molecule has 0 bridgehead atoms. The number of ether oxygens (including phenoxy) is 1. The van der Waals surface area contributed by atoms with Crippen LogP contribution in [0.2, 0.25) is 5.02 Å². The third-order valence-electron chi connectivity index (χ3n) is 5.22. The molecule has 26 heavy (non-hydrogen) atoms. The molecule has 1 aliphatic rings. The minimum absolute atomic E-state index is 0.582. The van der Waals surface area contributed by atoms with Crippen molar-refractivity contribution in [2.45, 2.75) is 71.1 Å².